The normalized spacial score (nSPS) is 18.2. The van der Waals surface area contributed by atoms with Gasteiger partial charge in [0.1, 0.15) is 0 Å². The molecule has 132 valence electrons. The summed E-state index contributed by atoms with van der Waals surface area (Å²) in [5.74, 6) is -0.156. The Morgan fingerprint density at radius 2 is 2.04 bits per heavy atom. The number of carbonyl (C=O) groups is 2. The lowest BCUT2D eigenvalue weighted by atomic mass is 9.90. The maximum atomic E-state index is 12.7. The van der Waals surface area contributed by atoms with Crippen LogP contribution in [0.1, 0.15) is 37.8 Å². The Balaban J connectivity index is 1.97. The molecule has 0 bridgehead atoms. The van der Waals surface area contributed by atoms with Gasteiger partial charge < -0.3 is 15.0 Å². The average molecular weight is 332 g/mol. The maximum Gasteiger partial charge on any atom is 0.409 e. The van der Waals surface area contributed by atoms with Gasteiger partial charge in [-0.2, -0.15) is 0 Å². The summed E-state index contributed by atoms with van der Waals surface area (Å²) in [4.78, 5) is 25.9. The zero-order valence-corrected chi connectivity index (χ0v) is 15.1. The molecule has 2 amide bonds. The molecule has 0 aromatic heterocycles. The number of piperidine rings is 1. The summed E-state index contributed by atoms with van der Waals surface area (Å²) < 4.78 is 4.77. The summed E-state index contributed by atoms with van der Waals surface area (Å²) in [5.41, 5.74) is 2.13. The summed E-state index contributed by atoms with van der Waals surface area (Å²) in [6.45, 7) is 7.25. The van der Waals surface area contributed by atoms with Crippen LogP contribution in [0.2, 0.25) is 0 Å². The number of benzene rings is 1. The van der Waals surface area contributed by atoms with E-state index in [0.29, 0.717) is 13.1 Å². The van der Waals surface area contributed by atoms with E-state index < -0.39 is 0 Å². The summed E-state index contributed by atoms with van der Waals surface area (Å²) >= 11 is 0. The Kier molecular flexibility index (Phi) is 5.86. The van der Waals surface area contributed by atoms with Crippen LogP contribution in [0, 0.1) is 12.8 Å². The minimum absolute atomic E-state index is 0.0159. The Labute approximate surface area is 144 Å². The Morgan fingerprint density at radius 1 is 1.33 bits per heavy atom. The van der Waals surface area contributed by atoms with Crippen molar-refractivity contribution < 1.29 is 14.3 Å². The highest BCUT2D eigenvalue weighted by Crippen LogP contribution is 2.21. The molecule has 0 aliphatic carbocycles. The predicted octanol–water partition coefficient (Wildman–Crippen LogP) is 2.91. The van der Waals surface area contributed by atoms with E-state index >= 15 is 0 Å². The second-order valence-electron chi connectivity index (χ2n) is 7.23. The molecule has 1 aliphatic heterocycles. The number of methoxy groups -OCH3 is 1. The fraction of sp³-hybridized carbons (Fsp3) is 0.579. The number of ether oxygens (including phenoxy) is 1. The number of likely N-dealkylation sites (tertiary alicyclic amines) is 1. The molecule has 0 spiro atoms. The average Bonchev–Trinajstić information content (AvgIpc) is 2.55. The van der Waals surface area contributed by atoms with Gasteiger partial charge in [-0.25, -0.2) is 4.79 Å². The van der Waals surface area contributed by atoms with E-state index in [1.165, 1.54) is 18.2 Å². The lowest BCUT2D eigenvalue weighted by molar-refractivity contribution is -0.128. The van der Waals surface area contributed by atoms with Crippen molar-refractivity contribution in [3.05, 3.63) is 35.4 Å². The lowest BCUT2D eigenvalue weighted by Crippen LogP contribution is -2.51. The molecule has 1 fully saturated rings. The van der Waals surface area contributed by atoms with Crippen molar-refractivity contribution >= 4 is 12.0 Å². The van der Waals surface area contributed by atoms with Crippen LogP contribution in [0.15, 0.2) is 24.3 Å². The first kappa shape index (κ1) is 18.3. The van der Waals surface area contributed by atoms with E-state index in [4.69, 9.17) is 4.74 Å². The summed E-state index contributed by atoms with van der Waals surface area (Å²) in [5, 5.41) is 3.16. The van der Waals surface area contributed by atoms with Gasteiger partial charge in [0.2, 0.25) is 5.91 Å². The van der Waals surface area contributed by atoms with Crippen molar-refractivity contribution in [1.29, 1.82) is 0 Å². The Hall–Kier alpha value is -2.04. The van der Waals surface area contributed by atoms with Crippen molar-refractivity contribution in [3.63, 3.8) is 0 Å². The number of rotatable bonds is 4. The van der Waals surface area contributed by atoms with Crippen LogP contribution in [-0.4, -0.2) is 42.6 Å². The summed E-state index contributed by atoms with van der Waals surface area (Å²) in [6.07, 6.45) is 2.05. The molecule has 5 nitrogen and oxygen atoms in total. The van der Waals surface area contributed by atoms with E-state index in [1.807, 2.05) is 26.0 Å². The first-order valence-corrected chi connectivity index (χ1v) is 8.52. The number of aryl methyl sites for hydroxylation is 1. The number of hydrogen-bond donors (Lipinski definition) is 1. The van der Waals surface area contributed by atoms with E-state index in [9.17, 15) is 9.59 Å². The van der Waals surface area contributed by atoms with Crippen LogP contribution < -0.4 is 5.32 Å². The molecule has 0 radical (unpaired) electrons. The topological polar surface area (TPSA) is 58.6 Å². The van der Waals surface area contributed by atoms with E-state index in [0.717, 1.165) is 19.3 Å². The van der Waals surface area contributed by atoms with Gasteiger partial charge in [0.05, 0.1) is 13.0 Å². The van der Waals surface area contributed by atoms with Gasteiger partial charge in [-0.05, 0) is 51.2 Å². The first-order valence-electron chi connectivity index (χ1n) is 8.52. The molecule has 0 saturated carbocycles. The van der Waals surface area contributed by atoms with Crippen LogP contribution in [0.5, 0.6) is 0 Å². The molecule has 0 unspecified atom stereocenters. The van der Waals surface area contributed by atoms with Crippen LogP contribution in [0.3, 0.4) is 0 Å². The van der Waals surface area contributed by atoms with Gasteiger partial charge in [-0.15, -0.1) is 0 Å². The Morgan fingerprint density at radius 3 is 2.71 bits per heavy atom. The minimum Gasteiger partial charge on any atom is -0.453 e. The molecule has 1 atom stereocenters. The molecular weight excluding hydrogens is 304 g/mol. The van der Waals surface area contributed by atoms with Gasteiger partial charge in [-0.1, -0.05) is 24.3 Å². The van der Waals surface area contributed by atoms with Crippen LogP contribution in [0.4, 0.5) is 4.79 Å². The number of amides is 2. The Bertz CT molecular complexity index is 598. The van der Waals surface area contributed by atoms with E-state index in [2.05, 4.69) is 24.4 Å². The van der Waals surface area contributed by atoms with Crippen molar-refractivity contribution in [2.75, 3.05) is 20.2 Å². The molecule has 1 aromatic rings. The summed E-state index contributed by atoms with van der Waals surface area (Å²) in [7, 11) is 1.37. The van der Waals surface area contributed by atoms with Crippen LogP contribution >= 0.6 is 0 Å². The zero-order chi connectivity index (χ0) is 17.7. The molecular formula is C19H28N2O3. The second-order valence-corrected chi connectivity index (χ2v) is 7.23. The van der Waals surface area contributed by atoms with Crippen LogP contribution in [0.25, 0.3) is 0 Å². The lowest BCUT2D eigenvalue weighted by Gasteiger charge is -2.34. The highest BCUT2D eigenvalue weighted by molar-refractivity contribution is 5.80. The highest BCUT2D eigenvalue weighted by atomic mass is 16.5. The highest BCUT2D eigenvalue weighted by Gasteiger charge is 2.31. The number of nitrogens with zero attached hydrogens (tertiary/aromatic N) is 1. The molecule has 5 heteroatoms. The monoisotopic (exact) mass is 332 g/mol. The number of nitrogens with one attached hydrogen (secondary N) is 1. The first-order chi connectivity index (χ1) is 11.3. The van der Waals surface area contributed by atoms with Crippen molar-refractivity contribution in [2.45, 2.75) is 45.6 Å². The largest absolute Gasteiger partial charge is 0.453 e. The third-order valence-electron chi connectivity index (χ3n) is 4.58. The van der Waals surface area contributed by atoms with Crippen molar-refractivity contribution in [2.24, 2.45) is 5.92 Å². The van der Waals surface area contributed by atoms with E-state index in [-0.39, 0.29) is 23.5 Å². The molecule has 24 heavy (non-hydrogen) atoms. The van der Waals surface area contributed by atoms with Crippen molar-refractivity contribution in [3.8, 4) is 0 Å². The molecule has 2 rings (SSSR count). The fourth-order valence-corrected chi connectivity index (χ4v) is 3.25. The smallest absolute Gasteiger partial charge is 0.409 e. The maximum absolute atomic E-state index is 12.7. The van der Waals surface area contributed by atoms with Crippen molar-refractivity contribution in [1.82, 2.24) is 10.2 Å². The third kappa shape index (κ3) is 4.73. The van der Waals surface area contributed by atoms with Gasteiger partial charge in [0.15, 0.2) is 0 Å². The molecule has 1 N–H and O–H groups in total. The quantitative estimate of drug-likeness (QED) is 0.922. The molecule has 1 heterocycles. The molecule has 1 aromatic carbocycles. The summed E-state index contributed by atoms with van der Waals surface area (Å²) in [6, 6.07) is 8.23. The van der Waals surface area contributed by atoms with Gasteiger partial charge in [0.25, 0.3) is 0 Å². The molecule has 1 saturated heterocycles. The third-order valence-corrected chi connectivity index (χ3v) is 4.58. The van der Waals surface area contributed by atoms with Gasteiger partial charge >= 0.3 is 6.09 Å². The molecule has 1 aliphatic rings. The fourth-order valence-electron chi connectivity index (χ4n) is 3.25. The SMILES string of the molecule is COC(=O)N1CCC[C@H](C(=O)NC(C)(C)Cc2ccccc2C)C1. The number of carbonyl (C=O) groups excluding carboxylic acids is 2. The minimum atomic E-state index is -0.355. The van der Waals surface area contributed by atoms with Gasteiger partial charge in [0, 0.05) is 18.6 Å². The second kappa shape index (κ2) is 7.69. The van der Waals surface area contributed by atoms with E-state index in [1.54, 1.807) is 4.90 Å². The number of hydrogen-bond acceptors (Lipinski definition) is 3. The van der Waals surface area contributed by atoms with Crippen LogP contribution in [-0.2, 0) is 16.0 Å². The zero-order valence-electron chi connectivity index (χ0n) is 15.1. The standard InChI is InChI=1S/C19H28N2O3/c1-14-8-5-6-9-15(14)12-19(2,3)20-17(22)16-10-7-11-21(13-16)18(23)24-4/h5-6,8-9,16H,7,10-13H2,1-4H3,(H,20,22)/t16-/m0/s1. The predicted molar refractivity (Wildman–Crippen MR) is 93.8 cm³/mol. The van der Waals surface area contributed by atoms with Gasteiger partial charge in [-0.3, -0.25) is 4.79 Å².